The predicted molar refractivity (Wildman–Crippen MR) is 155 cm³/mol. The number of amides is 1. The fraction of sp³-hybridized carbons (Fsp3) is 0.269. The summed E-state index contributed by atoms with van der Waals surface area (Å²) < 4.78 is 32.4. The summed E-state index contributed by atoms with van der Waals surface area (Å²) >= 11 is 15.0. The molecule has 1 saturated heterocycles. The van der Waals surface area contributed by atoms with E-state index in [1.54, 1.807) is 47.7 Å². The molecule has 2 aromatic carbocycles. The molecule has 8 nitrogen and oxygen atoms in total. The van der Waals surface area contributed by atoms with Gasteiger partial charge in [0.05, 0.1) is 25.7 Å². The molecule has 1 fully saturated rings. The van der Waals surface area contributed by atoms with Crippen LogP contribution in [0.25, 0.3) is 22.7 Å². The minimum atomic E-state index is -3.60. The van der Waals surface area contributed by atoms with Crippen LogP contribution in [0.2, 0.25) is 10.0 Å². The van der Waals surface area contributed by atoms with Crippen LogP contribution in [0.4, 0.5) is 0 Å². The maximum Gasteiger partial charge on any atom is 0.241 e. The molecule has 204 valence electrons. The van der Waals surface area contributed by atoms with Gasteiger partial charge in [0.2, 0.25) is 15.9 Å². The molecule has 1 amide bonds. The zero-order valence-electron chi connectivity index (χ0n) is 20.8. The van der Waals surface area contributed by atoms with Gasteiger partial charge in [-0.3, -0.25) is 4.79 Å². The van der Waals surface area contributed by atoms with E-state index in [4.69, 9.17) is 32.7 Å². The first kappa shape index (κ1) is 28.1. The van der Waals surface area contributed by atoms with Gasteiger partial charge in [-0.15, -0.1) is 23.1 Å². The lowest BCUT2D eigenvalue weighted by Crippen LogP contribution is -2.38. The fourth-order valence-electron chi connectivity index (χ4n) is 4.28. The molecule has 2 aromatic heterocycles. The monoisotopic (exact) mass is 622 g/mol. The van der Waals surface area contributed by atoms with Crippen LogP contribution in [0.3, 0.4) is 0 Å². The van der Waals surface area contributed by atoms with Crippen molar-refractivity contribution in [2.45, 2.75) is 28.6 Å². The van der Waals surface area contributed by atoms with Gasteiger partial charge in [-0.1, -0.05) is 46.6 Å². The average Bonchev–Trinajstić information content (AvgIpc) is 3.64. The molecule has 1 aliphatic rings. The molecule has 0 spiro atoms. The van der Waals surface area contributed by atoms with Crippen molar-refractivity contribution in [1.29, 1.82) is 0 Å². The molecule has 1 aliphatic heterocycles. The molecule has 4 aromatic rings. The first-order valence-corrected chi connectivity index (χ1v) is 16.2. The lowest BCUT2D eigenvalue weighted by Gasteiger charge is -2.31. The number of piperidine rings is 1. The zero-order chi connectivity index (χ0) is 27.6. The largest absolute Gasteiger partial charge is 0.354 e. The molecule has 3 heterocycles. The number of rotatable bonds is 8. The van der Waals surface area contributed by atoms with Crippen molar-refractivity contribution in [3.05, 3.63) is 69.0 Å². The highest BCUT2D eigenvalue weighted by Crippen LogP contribution is 2.35. The van der Waals surface area contributed by atoms with E-state index in [-0.39, 0.29) is 22.5 Å². The highest BCUT2D eigenvalue weighted by molar-refractivity contribution is 8.00. The van der Waals surface area contributed by atoms with E-state index < -0.39 is 10.0 Å². The van der Waals surface area contributed by atoms with Crippen molar-refractivity contribution in [2.24, 2.45) is 0 Å². The SMILES string of the molecule is CNS(=O)(=O)c1ccccc1SCC(=O)N1CCC(c2nc(-c3cc(-c4ccc(Cl)c(Cl)c4)no3)cs2)CC1. The van der Waals surface area contributed by atoms with Crippen LogP contribution in [0.5, 0.6) is 0 Å². The van der Waals surface area contributed by atoms with Crippen LogP contribution < -0.4 is 4.72 Å². The molecular weight excluding hydrogens is 599 g/mol. The third-order valence-electron chi connectivity index (χ3n) is 6.46. The summed E-state index contributed by atoms with van der Waals surface area (Å²) in [6, 6.07) is 13.8. The first-order chi connectivity index (χ1) is 18.7. The number of sulfonamides is 1. The van der Waals surface area contributed by atoms with Gasteiger partial charge >= 0.3 is 0 Å². The highest BCUT2D eigenvalue weighted by Gasteiger charge is 2.27. The Kier molecular flexibility index (Phi) is 8.65. The van der Waals surface area contributed by atoms with E-state index in [0.29, 0.717) is 39.5 Å². The van der Waals surface area contributed by atoms with E-state index in [1.807, 2.05) is 22.4 Å². The number of hydrogen-bond donors (Lipinski definition) is 1. The predicted octanol–water partition coefficient (Wildman–Crippen LogP) is 6.18. The molecule has 0 saturated carbocycles. The Morgan fingerprint density at radius 3 is 2.64 bits per heavy atom. The highest BCUT2D eigenvalue weighted by atomic mass is 35.5. The van der Waals surface area contributed by atoms with Crippen LogP contribution in [0.1, 0.15) is 23.8 Å². The van der Waals surface area contributed by atoms with Crippen LogP contribution in [-0.4, -0.2) is 55.3 Å². The van der Waals surface area contributed by atoms with Crippen molar-refractivity contribution >= 4 is 62.2 Å². The lowest BCUT2D eigenvalue weighted by molar-refractivity contribution is -0.129. The second kappa shape index (κ2) is 12.0. The van der Waals surface area contributed by atoms with Crippen LogP contribution >= 0.6 is 46.3 Å². The fourth-order valence-corrected chi connectivity index (χ4v) is 7.73. The molecule has 13 heteroatoms. The Balaban J connectivity index is 1.17. The number of nitrogens with zero attached hydrogens (tertiary/aromatic N) is 3. The molecule has 39 heavy (non-hydrogen) atoms. The van der Waals surface area contributed by atoms with Crippen LogP contribution in [-0.2, 0) is 14.8 Å². The van der Waals surface area contributed by atoms with Crippen molar-refractivity contribution in [3.8, 4) is 22.7 Å². The van der Waals surface area contributed by atoms with Crippen molar-refractivity contribution in [3.63, 3.8) is 0 Å². The van der Waals surface area contributed by atoms with Gasteiger partial charge < -0.3 is 9.42 Å². The number of halogens is 2. The summed E-state index contributed by atoms with van der Waals surface area (Å²) in [5.74, 6) is 0.990. The van der Waals surface area contributed by atoms with Crippen LogP contribution in [0.15, 0.2) is 68.2 Å². The van der Waals surface area contributed by atoms with Gasteiger partial charge in [0, 0.05) is 40.9 Å². The lowest BCUT2D eigenvalue weighted by atomic mass is 9.97. The summed E-state index contributed by atoms with van der Waals surface area (Å²) in [5, 5.41) is 8.04. The van der Waals surface area contributed by atoms with Gasteiger partial charge in [0.25, 0.3) is 0 Å². The molecule has 0 bridgehead atoms. The minimum absolute atomic E-state index is 0.00794. The van der Waals surface area contributed by atoms with Gasteiger partial charge in [-0.05, 0) is 44.2 Å². The molecular formula is C26H24Cl2N4O4S3. The average molecular weight is 624 g/mol. The Hall–Kier alpha value is -2.41. The summed E-state index contributed by atoms with van der Waals surface area (Å²) in [4.78, 5) is 20.3. The Morgan fingerprint density at radius 1 is 1.13 bits per heavy atom. The molecule has 0 aliphatic carbocycles. The summed E-state index contributed by atoms with van der Waals surface area (Å²) in [6.07, 6.45) is 1.61. The van der Waals surface area contributed by atoms with E-state index in [2.05, 4.69) is 9.88 Å². The number of nitrogens with one attached hydrogen (secondary N) is 1. The number of benzene rings is 2. The normalized spacial score (nSPS) is 14.6. The number of thioether (sulfide) groups is 1. The second-order valence-electron chi connectivity index (χ2n) is 8.87. The second-order valence-corrected chi connectivity index (χ2v) is 13.5. The van der Waals surface area contributed by atoms with E-state index >= 15 is 0 Å². The maximum atomic E-state index is 12.9. The van der Waals surface area contributed by atoms with Gasteiger partial charge in [0.1, 0.15) is 11.4 Å². The number of carbonyl (C=O) groups is 1. The van der Waals surface area contributed by atoms with Crippen molar-refractivity contribution in [1.82, 2.24) is 19.8 Å². The first-order valence-electron chi connectivity index (χ1n) is 12.1. The van der Waals surface area contributed by atoms with E-state index in [1.165, 1.54) is 18.8 Å². The van der Waals surface area contributed by atoms with Gasteiger partial charge in [-0.2, -0.15) is 0 Å². The van der Waals surface area contributed by atoms with Crippen molar-refractivity contribution in [2.75, 3.05) is 25.9 Å². The molecule has 0 atom stereocenters. The van der Waals surface area contributed by atoms with Crippen molar-refractivity contribution < 1.29 is 17.7 Å². The Labute approximate surface area is 244 Å². The standard InChI is InChI=1S/C26H24Cl2N4O4S3/c1-29-39(34,35)24-5-3-2-4-23(24)37-15-25(33)32-10-8-16(9-11-32)26-30-21(14-38-26)22-13-20(31-36-22)17-6-7-18(27)19(28)12-17/h2-7,12-14,16,29H,8-11,15H2,1H3. The Morgan fingerprint density at radius 2 is 1.90 bits per heavy atom. The number of carbonyl (C=O) groups excluding carboxylic acids is 1. The third kappa shape index (κ3) is 6.34. The zero-order valence-corrected chi connectivity index (χ0v) is 24.7. The summed E-state index contributed by atoms with van der Waals surface area (Å²) in [7, 11) is -2.22. The summed E-state index contributed by atoms with van der Waals surface area (Å²) in [5.41, 5.74) is 2.17. The number of likely N-dealkylation sites (tertiary alicyclic amines) is 1. The van der Waals surface area contributed by atoms with Gasteiger partial charge in [-0.25, -0.2) is 18.1 Å². The quantitative estimate of drug-likeness (QED) is 0.234. The minimum Gasteiger partial charge on any atom is -0.354 e. The number of thiazole rings is 1. The van der Waals surface area contributed by atoms with Gasteiger partial charge in [0.15, 0.2) is 5.76 Å². The summed E-state index contributed by atoms with van der Waals surface area (Å²) in [6.45, 7) is 1.25. The molecule has 1 N–H and O–H groups in total. The molecule has 0 unspecified atom stereocenters. The third-order valence-corrected chi connectivity index (χ3v) is 10.9. The number of aromatic nitrogens is 2. The number of hydrogen-bond acceptors (Lipinski definition) is 8. The smallest absolute Gasteiger partial charge is 0.241 e. The van der Waals surface area contributed by atoms with E-state index in [0.717, 1.165) is 29.1 Å². The Bertz CT molecular complexity index is 1600. The molecule has 5 rings (SSSR count). The maximum absolute atomic E-state index is 12.9. The van der Waals surface area contributed by atoms with E-state index in [9.17, 15) is 13.2 Å². The molecule has 0 radical (unpaired) electrons. The van der Waals surface area contributed by atoms with Crippen LogP contribution in [0, 0.1) is 0 Å². The topological polar surface area (TPSA) is 105 Å².